The maximum atomic E-state index is 10.4. The molecular weight excluding hydrogens is 178 g/mol. The molecule has 0 spiro atoms. The van der Waals surface area contributed by atoms with Crippen LogP contribution in [0.4, 0.5) is 0 Å². The largest absolute Gasteiger partial charge is 0.478 e. The van der Waals surface area contributed by atoms with E-state index < -0.39 is 5.97 Å². The highest BCUT2D eigenvalue weighted by Crippen LogP contribution is 2.05. The minimum atomic E-state index is -1.07. The molecule has 0 fully saturated rings. The van der Waals surface area contributed by atoms with E-state index in [0.717, 1.165) is 0 Å². The molecule has 1 aromatic rings. The van der Waals surface area contributed by atoms with Crippen LogP contribution in [0.2, 0.25) is 0 Å². The minimum Gasteiger partial charge on any atom is -0.478 e. The van der Waals surface area contributed by atoms with Gasteiger partial charge in [-0.25, -0.2) is 4.79 Å². The first-order valence-corrected chi connectivity index (χ1v) is 2.98. The highest BCUT2D eigenvalue weighted by atomic mass is 35.5. The monoisotopic (exact) mass is 183 g/mol. The van der Waals surface area contributed by atoms with Crippen molar-refractivity contribution in [2.45, 2.75) is 0 Å². The molecule has 1 aromatic carbocycles. The Morgan fingerprint density at radius 1 is 1.42 bits per heavy atom. The molecule has 0 heterocycles. The predicted octanol–water partition coefficient (Wildman–Crippen LogP) is 1.68. The molecule has 1 rings (SSSR count). The molecule has 0 amide bonds. The Labute approximate surface area is 75.7 Å². The standard InChI is InChI=1S/C8H5NO2.ClH/c9-5-6-3-1-2-4-7(6)8(10)11;/h1-4H,(H,10,11);1H. The van der Waals surface area contributed by atoms with E-state index in [-0.39, 0.29) is 23.5 Å². The van der Waals surface area contributed by atoms with Gasteiger partial charge in [0, 0.05) is 0 Å². The Kier molecular flexibility index (Phi) is 3.81. The van der Waals surface area contributed by atoms with Crippen molar-refractivity contribution in [3.8, 4) is 6.07 Å². The van der Waals surface area contributed by atoms with Gasteiger partial charge in [0.15, 0.2) is 0 Å². The summed E-state index contributed by atoms with van der Waals surface area (Å²) in [6.07, 6.45) is 0. The Morgan fingerprint density at radius 3 is 2.42 bits per heavy atom. The average Bonchev–Trinajstić information content (AvgIpc) is 2.04. The van der Waals surface area contributed by atoms with Gasteiger partial charge in [0.25, 0.3) is 0 Å². The zero-order valence-corrected chi connectivity index (χ0v) is 6.84. The maximum Gasteiger partial charge on any atom is 0.337 e. The summed E-state index contributed by atoms with van der Waals surface area (Å²) in [5, 5.41) is 17.0. The predicted molar refractivity (Wildman–Crippen MR) is 45.4 cm³/mol. The number of benzene rings is 1. The van der Waals surface area contributed by atoms with Crippen LogP contribution in [-0.2, 0) is 0 Å². The summed E-state index contributed by atoms with van der Waals surface area (Å²) in [7, 11) is 0. The van der Waals surface area contributed by atoms with Gasteiger partial charge >= 0.3 is 5.97 Å². The Hall–Kier alpha value is -1.53. The van der Waals surface area contributed by atoms with Gasteiger partial charge in [-0.1, -0.05) is 12.1 Å². The number of aromatic carboxylic acids is 1. The number of hydrogen-bond acceptors (Lipinski definition) is 2. The van der Waals surface area contributed by atoms with E-state index in [2.05, 4.69) is 0 Å². The zero-order chi connectivity index (χ0) is 8.27. The van der Waals surface area contributed by atoms with E-state index in [1.807, 2.05) is 0 Å². The first-order chi connectivity index (χ1) is 5.25. The van der Waals surface area contributed by atoms with E-state index in [4.69, 9.17) is 10.4 Å². The van der Waals surface area contributed by atoms with Gasteiger partial charge in [-0.3, -0.25) is 0 Å². The van der Waals surface area contributed by atoms with Gasteiger partial charge in [0.2, 0.25) is 0 Å². The quantitative estimate of drug-likeness (QED) is 0.721. The number of carbonyl (C=O) groups is 1. The van der Waals surface area contributed by atoms with Crippen molar-refractivity contribution in [3.05, 3.63) is 35.4 Å². The third-order valence-corrected chi connectivity index (χ3v) is 1.28. The molecule has 0 unspecified atom stereocenters. The number of nitriles is 1. The van der Waals surface area contributed by atoms with E-state index in [1.54, 1.807) is 18.2 Å². The fourth-order valence-corrected chi connectivity index (χ4v) is 0.767. The van der Waals surface area contributed by atoms with Crippen LogP contribution in [-0.4, -0.2) is 11.1 Å². The van der Waals surface area contributed by atoms with Crippen LogP contribution in [0.5, 0.6) is 0 Å². The molecule has 1 N–H and O–H groups in total. The lowest BCUT2D eigenvalue weighted by Crippen LogP contribution is -1.98. The molecule has 0 aliphatic heterocycles. The summed E-state index contributed by atoms with van der Waals surface area (Å²) >= 11 is 0. The van der Waals surface area contributed by atoms with Gasteiger partial charge in [-0.2, -0.15) is 5.26 Å². The molecule has 4 heteroatoms. The minimum absolute atomic E-state index is 0. The molecular formula is C8H6ClNO2. The van der Waals surface area contributed by atoms with Crippen LogP contribution in [0.15, 0.2) is 24.3 Å². The van der Waals surface area contributed by atoms with Crippen molar-refractivity contribution in [2.75, 3.05) is 0 Å². The van der Waals surface area contributed by atoms with Crippen LogP contribution >= 0.6 is 12.4 Å². The maximum absolute atomic E-state index is 10.4. The highest BCUT2D eigenvalue weighted by molar-refractivity contribution is 5.90. The van der Waals surface area contributed by atoms with Crippen LogP contribution in [0.3, 0.4) is 0 Å². The summed E-state index contributed by atoms with van der Waals surface area (Å²) in [6, 6.07) is 7.89. The van der Waals surface area contributed by atoms with Gasteiger partial charge in [-0.15, -0.1) is 12.4 Å². The summed E-state index contributed by atoms with van der Waals surface area (Å²) in [5.74, 6) is -1.07. The number of nitrogens with zero attached hydrogens (tertiary/aromatic N) is 1. The lowest BCUT2D eigenvalue weighted by atomic mass is 10.1. The fraction of sp³-hybridized carbons (Fsp3) is 0. The zero-order valence-electron chi connectivity index (χ0n) is 6.02. The second-order valence-electron chi connectivity index (χ2n) is 1.96. The van der Waals surface area contributed by atoms with Gasteiger partial charge in [0.1, 0.15) is 6.07 Å². The average molecular weight is 184 g/mol. The first-order valence-electron chi connectivity index (χ1n) is 2.98. The summed E-state index contributed by atoms with van der Waals surface area (Å²) in [4.78, 5) is 10.4. The molecule has 0 aromatic heterocycles. The smallest absolute Gasteiger partial charge is 0.337 e. The molecule has 0 aliphatic rings. The van der Waals surface area contributed by atoms with E-state index in [9.17, 15) is 4.79 Å². The topological polar surface area (TPSA) is 61.1 Å². The van der Waals surface area contributed by atoms with E-state index in [0.29, 0.717) is 0 Å². The Morgan fingerprint density at radius 2 is 2.00 bits per heavy atom. The molecule has 0 atom stereocenters. The van der Waals surface area contributed by atoms with Crippen LogP contribution < -0.4 is 0 Å². The van der Waals surface area contributed by atoms with Crippen molar-refractivity contribution < 1.29 is 9.90 Å². The number of carboxylic acid groups (broad SMARTS) is 1. The summed E-state index contributed by atoms with van der Waals surface area (Å²) in [5.41, 5.74) is 0.245. The third kappa shape index (κ3) is 1.97. The lowest BCUT2D eigenvalue weighted by molar-refractivity contribution is 0.0696. The molecule has 0 saturated heterocycles. The molecule has 0 aliphatic carbocycles. The first kappa shape index (κ1) is 10.5. The lowest BCUT2D eigenvalue weighted by Gasteiger charge is -1.94. The second kappa shape index (κ2) is 4.37. The van der Waals surface area contributed by atoms with Crippen molar-refractivity contribution in [2.24, 2.45) is 0 Å². The normalized spacial score (nSPS) is 7.92. The fourth-order valence-electron chi connectivity index (χ4n) is 0.767. The van der Waals surface area contributed by atoms with Crippen molar-refractivity contribution in [3.63, 3.8) is 0 Å². The molecule has 0 saturated carbocycles. The van der Waals surface area contributed by atoms with E-state index in [1.165, 1.54) is 12.1 Å². The Bertz CT molecular complexity index is 330. The number of rotatable bonds is 1. The number of halogens is 1. The van der Waals surface area contributed by atoms with Crippen LogP contribution in [0.1, 0.15) is 15.9 Å². The third-order valence-electron chi connectivity index (χ3n) is 1.28. The highest BCUT2D eigenvalue weighted by Gasteiger charge is 2.06. The van der Waals surface area contributed by atoms with Crippen molar-refractivity contribution in [1.29, 1.82) is 5.26 Å². The van der Waals surface area contributed by atoms with Crippen molar-refractivity contribution >= 4 is 18.4 Å². The van der Waals surface area contributed by atoms with Gasteiger partial charge in [-0.05, 0) is 12.1 Å². The number of hydrogen-bond donors (Lipinski definition) is 1. The van der Waals surface area contributed by atoms with Crippen LogP contribution in [0.25, 0.3) is 0 Å². The number of carboxylic acids is 1. The van der Waals surface area contributed by atoms with E-state index >= 15 is 0 Å². The summed E-state index contributed by atoms with van der Waals surface area (Å²) in [6.45, 7) is 0. The molecule has 3 nitrogen and oxygen atoms in total. The van der Waals surface area contributed by atoms with Crippen LogP contribution in [0, 0.1) is 11.3 Å². The Balaban J connectivity index is 0.00000121. The molecule has 62 valence electrons. The second-order valence-corrected chi connectivity index (χ2v) is 1.96. The SMILES string of the molecule is Cl.N#Cc1ccccc1C(=O)O. The van der Waals surface area contributed by atoms with Gasteiger partial charge in [0.05, 0.1) is 11.1 Å². The van der Waals surface area contributed by atoms with Gasteiger partial charge < -0.3 is 5.11 Å². The summed E-state index contributed by atoms with van der Waals surface area (Å²) < 4.78 is 0. The molecule has 0 radical (unpaired) electrons. The molecule has 12 heavy (non-hydrogen) atoms. The van der Waals surface area contributed by atoms with Crippen molar-refractivity contribution in [1.82, 2.24) is 0 Å². The molecule has 0 bridgehead atoms.